The Labute approximate surface area is 180 Å². The highest BCUT2D eigenvalue weighted by Crippen LogP contribution is 2.37. The SMILES string of the molecule is Clc1cc2[nH]c3cccc(OCc4ccc(CN5CCCC5)cc4)c3c2cc1Cl. The standard InChI is InChI=1S/C24H22Cl2N2O/c25-19-12-18-22(13-20(19)26)27-21-4-3-5-23(24(18)21)29-15-17-8-6-16(7-9-17)14-28-10-1-2-11-28/h3-9,12-13,27H,1-2,10-11,14-15H2. The zero-order valence-electron chi connectivity index (χ0n) is 16.1. The van der Waals surface area contributed by atoms with Gasteiger partial charge in [-0.1, -0.05) is 53.5 Å². The van der Waals surface area contributed by atoms with Crippen LogP contribution < -0.4 is 4.74 Å². The molecule has 3 nitrogen and oxygen atoms in total. The minimum Gasteiger partial charge on any atom is -0.488 e. The predicted molar refractivity (Wildman–Crippen MR) is 121 cm³/mol. The van der Waals surface area contributed by atoms with Crippen LogP contribution in [0.4, 0.5) is 0 Å². The minimum atomic E-state index is 0.525. The van der Waals surface area contributed by atoms with Gasteiger partial charge in [0.15, 0.2) is 0 Å². The number of hydrogen-bond acceptors (Lipinski definition) is 2. The van der Waals surface area contributed by atoms with E-state index in [-0.39, 0.29) is 0 Å². The van der Waals surface area contributed by atoms with Gasteiger partial charge in [0.1, 0.15) is 12.4 Å². The molecule has 5 heteroatoms. The largest absolute Gasteiger partial charge is 0.488 e. The molecule has 5 rings (SSSR count). The van der Waals surface area contributed by atoms with Gasteiger partial charge in [0, 0.05) is 22.8 Å². The third-order valence-electron chi connectivity index (χ3n) is 5.65. The Balaban J connectivity index is 1.37. The predicted octanol–water partition coefficient (Wildman–Crippen LogP) is 6.80. The highest BCUT2D eigenvalue weighted by atomic mass is 35.5. The van der Waals surface area contributed by atoms with E-state index in [0.717, 1.165) is 39.7 Å². The van der Waals surface area contributed by atoms with E-state index in [1.165, 1.54) is 31.5 Å². The summed E-state index contributed by atoms with van der Waals surface area (Å²) in [6.07, 6.45) is 2.64. The minimum absolute atomic E-state index is 0.525. The van der Waals surface area contributed by atoms with Gasteiger partial charge in [-0.05, 0) is 61.3 Å². The molecule has 0 radical (unpaired) electrons. The van der Waals surface area contributed by atoms with Crippen LogP contribution in [0.5, 0.6) is 5.75 Å². The fourth-order valence-electron chi connectivity index (χ4n) is 4.14. The van der Waals surface area contributed by atoms with Gasteiger partial charge in [0.25, 0.3) is 0 Å². The molecule has 1 aromatic heterocycles. The fraction of sp³-hybridized carbons (Fsp3) is 0.250. The van der Waals surface area contributed by atoms with Crippen molar-refractivity contribution in [3.8, 4) is 5.75 Å². The Hall–Kier alpha value is -2.20. The number of H-pyrrole nitrogens is 1. The average molecular weight is 425 g/mol. The van der Waals surface area contributed by atoms with E-state index in [0.29, 0.717) is 16.7 Å². The quantitative estimate of drug-likeness (QED) is 0.381. The summed E-state index contributed by atoms with van der Waals surface area (Å²) in [4.78, 5) is 5.91. The number of nitrogens with one attached hydrogen (secondary N) is 1. The lowest BCUT2D eigenvalue weighted by atomic mass is 10.1. The topological polar surface area (TPSA) is 28.3 Å². The van der Waals surface area contributed by atoms with E-state index in [9.17, 15) is 0 Å². The highest BCUT2D eigenvalue weighted by Gasteiger charge is 2.13. The van der Waals surface area contributed by atoms with E-state index in [2.05, 4.69) is 34.1 Å². The Bertz CT molecular complexity index is 1160. The van der Waals surface area contributed by atoms with Gasteiger partial charge in [-0.3, -0.25) is 4.90 Å². The van der Waals surface area contributed by atoms with Gasteiger partial charge in [-0.2, -0.15) is 0 Å². The first-order chi connectivity index (χ1) is 14.2. The first kappa shape index (κ1) is 18.8. The van der Waals surface area contributed by atoms with Crippen molar-refractivity contribution in [1.29, 1.82) is 0 Å². The van der Waals surface area contributed by atoms with Gasteiger partial charge >= 0.3 is 0 Å². The van der Waals surface area contributed by atoms with Crippen LogP contribution in [0.15, 0.2) is 54.6 Å². The Morgan fingerprint density at radius 2 is 1.59 bits per heavy atom. The molecule has 2 heterocycles. The first-order valence-corrected chi connectivity index (χ1v) is 10.8. The molecule has 148 valence electrons. The number of benzene rings is 3. The lowest BCUT2D eigenvalue weighted by Crippen LogP contribution is -2.18. The second-order valence-corrected chi connectivity index (χ2v) is 8.52. The van der Waals surface area contributed by atoms with Crippen LogP contribution in [0.1, 0.15) is 24.0 Å². The smallest absolute Gasteiger partial charge is 0.129 e. The molecule has 0 atom stereocenters. The molecule has 3 aromatic carbocycles. The molecule has 0 aliphatic carbocycles. The number of nitrogens with zero attached hydrogens (tertiary/aromatic N) is 1. The third-order valence-corrected chi connectivity index (χ3v) is 6.37. The molecule has 0 bridgehead atoms. The number of halogens is 2. The number of aromatic nitrogens is 1. The second-order valence-electron chi connectivity index (χ2n) is 7.70. The molecule has 0 unspecified atom stereocenters. The normalized spacial score (nSPS) is 14.8. The molecule has 4 aromatic rings. The van der Waals surface area contributed by atoms with Crippen molar-refractivity contribution < 1.29 is 4.74 Å². The van der Waals surface area contributed by atoms with Crippen LogP contribution in [0.3, 0.4) is 0 Å². The maximum atomic E-state index is 6.26. The number of fused-ring (bicyclic) bond motifs is 3. The lowest BCUT2D eigenvalue weighted by molar-refractivity contribution is 0.310. The molecule has 1 N–H and O–H groups in total. The van der Waals surface area contributed by atoms with Gasteiger partial charge in [-0.15, -0.1) is 0 Å². The van der Waals surface area contributed by atoms with Crippen molar-refractivity contribution in [2.24, 2.45) is 0 Å². The van der Waals surface area contributed by atoms with Gasteiger partial charge in [-0.25, -0.2) is 0 Å². The molecular weight excluding hydrogens is 403 g/mol. The summed E-state index contributed by atoms with van der Waals surface area (Å²) in [5.41, 5.74) is 4.49. The Morgan fingerprint density at radius 1 is 0.862 bits per heavy atom. The monoisotopic (exact) mass is 424 g/mol. The molecule has 1 aliphatic heterocycles. The maximum absolute atomic E-state index is 6.26. The van der Waals surface area contributed by atoms with Crippen LogP contribution in [0.25, 0.3) is 21.8 Å². The number of hydrogen-bond donors (Lipinski definition) is 1. The van der Waals surface area contributed by atoms with Gasteiger partial charge in [0.05, 0.1) is 15.6 Å². The number of likely N-dealkylation sites (tertiary alicyclic amines) is 1. The van der Waals surface area contributed by atoms with E-state index in [1.807, 2.05) is 30.3 Å². The maximum Gasteiger partial charge on any atom is 0.129 e. The lowest BCUT2D eigenvalue weighted by Gasteiger charge is -2.15. The summed E-state index contributed by atoms with van der Waals surface area (Å²) in [5, 5.41) is 3.14. The van der Waals surface area contributed by atoms with Crippen molar-refractivity contribution in [1.82, 2.24) is 9.88 Å². The van der Waals surface area contributed by atoms with Crippen LogP contribution in [-0.2, 0) is 13.2 Å². The van der Waals surface area contributed by atoms with Crippen LogP contribution in [0.2, 0.25) is 10.0 Å². The molecule has 0 saturated carbocycles. The summed E-state index contributed by atoms with van der Waals surface area (Å²) >= 11 is 12.4. The molecule has 1 saturated heterocycles. The Morgan fingerprint density at radius 3 is 2.38 bits per heavy atom. The molecule has 0 amide bonds. The summed E-state index contributed by atoms with van der Waals surface area (Å²) in [6.45, 7) is 4.00. The van der Waals surface area contributed by atoms with E-state index >= 15 is 0 Å². The van der Waals surface area contributed by atoms with Crippen molar-refractivity contribution in [2.75, 3.05) is 13.1 Å². The highest BCUT2D eigenvalue weighted by molar-refractivity contribution is 6.43. The molecule has 1 aliphatic rings. The zero-order valence-corrected chi connectivity index (χ0v) is 17.6. The third kappa shape index (κ3) is 3.83. The molecule has 29 heavy (non-hydrogen) atoms. The van der Waals surface area contributed by atoms with Crippen molar-refractivity contribution in [3.63, 3.8) is 0 Å². The number of ether oxygens (including phenoxy) is 1. The number of rotatable bonds is 5. The second kappa shape index (κ2) is 7.91. The summed E-state index contributed by atoms with van der Waals surface area (Å²) in [6, 6.07) is 18.6. The van der Waals surface area contributed by atoms with Crippen molar-refractivity contribution >= 4 is 45.0 Å². The van der Waals surface area contributed by atoms with E-state index in [1.54, 1.807) is 0 Å². The van der Waals surface area contributed by atoms with Gasteiger partial charge < -0.3 is 9.72 Å². The first-order valence-electron chi connectivity index (χ1n) is 10.00. The zero-order chi connectivity index (χ0) is 19.8. The molecular formula is C24H22Cl2N2O. The van der Waals surface area contributed by atoms with Crippen LogP contribution >= 0.6 is 23.2 Å². The van der Waals surface area contributed by atoms with Crippen LogP contribution in [-0.4, -0.2) is 23.0 Å². The van der Waals surface area contributed by atoms with Gasteiger partial charge in [0.2, 0.25) is 0 Å². The number of aromatic amines is 1. The van der Waals surface area contributed by atoms with E-state index in [4.69, 9.17) is 27.9 Å². The summed E-state index contributed by atoms with van der Waals surface area (Å²) in [5.74, 6) is 0.841. The van der Waals surface area contributed by atoms with Crippen molar-refractivity contribution in [3.05, 3.63) is 75.8 Å². The Kier molecular flexibility index (Phi) is 5.13. The molecule has 1 fully saturated rings. The fourth-order valence-corrected chi connectivity index (χ4v) is 4.46. The average Bonchev–Trinajstić information content (AvgIpc) is 3.36. The summed E-state index contributed by atoms with van der Waals surface area (Å²) < 4.78 is 6.21. The molecule has 0 spiro atoms. The van der Waals surface area contributed by atoms with Crippen LogP contribution in [0, 0.1) is 0 Å². The summed E-state index contributed by atoms with van der Waals surface area (Å²) in [7, 11) is 0. The van der Waals surface area contributed by atoms with Crippen molar-refractivity contribution in [2.45, 2.75) is 26.0 Å². The van der Waals surface area contributed by atoms with E-state index < -0.39 is 0 Å².